The van der Waals surface area contributed by atoms with E-state index in [-0.39, 0.29) is 11.8 Å². The van der Waals surface area contributed by atoms with Crippen molar-refractivity contribution in [2.24, 2.45) is 16.7 Å². The number of rotatable bonds is 15. The Labute approximate surface area is 298 Å². The Hall–Kier alpha value is -2.84. The van der Waals surface area contributed by atoms with Crippen LogP contribution in [0.15, 0.2) is 21.7 Å². The number of hydrogen-bond acceptors (Lipinski definition) is 7. The standard InChI is InChI=1S/C35H58N6O6S2/c1-9-15-24(28(42)31(44)36-10-2)37-30(43)25-20-23(3)21-41(25)32(45)29(35(7)17-12-11-13-18-35)39-33(46)38-26(34(4,5)6)22-40(8)49(47)27-16-14-19-48-27/h14,16,19,23-26,29H,9-13,15,17-18,20-22H2,1-8H3,(H,36,44)(H,37,43)(H2,38,39,46)/t23-,24?,25+,26-,29-,49?/m1/s1. The van der Waals surface area contributed by atoms with Gasteiger partial charge in [0.1, 0.15) is 27.3 Å². The third-order valence-electron chi connectivity index (χ3n) is 9.82. The van der Waals surface area contributed by atoms with Crippen molar-refractivity contribution in [3.05, 3.63) is 17.5 Å². The lowest BCUT2D eigenvalue weighted by atomic mass is 9.70. The van der Waals surface area contributed by atoms with Gasteiger partial charge in [-0.15, -0.1) is 11.3 Å². The molecule has 6 atom stereocenters. The van der Waals surface area contributed by atoms with Crippen LogP contribution in [0.5, 0.6) is 0 Å². The van der Waals surface area contributed by atoms with Crippen LogP contribution in [0.2, 0.25) is 0 Å². The van der Waals surface area contributed by atoms with Gasteiger partial charge in [-0.05, 0) is 60.8 Å². The van der Waals surface area contributed by atoms with Crippen molar-refractivity contribution in [1.29, 1.82) is 0 Å². The summed E-state index contributed by atoms with van der Waals surface area (Å²) in [6, 6.07) is 0.0499. The molecule has 1 aromatic rings. The van der Waals surface area contributed by atoms with Gasteiger partial charge in [-0.25, -0.2) is 13.3 Å². The molecule has 49 heavy (non-hydrogen) atoms. The van der Waals surface area contributed by atoms with Crippen LogP contribution in [0.4, 0.5) is 4.79 Å². The van der Waals surface area contributed by atoms with E-state index in [4.69, 9.17) is 0 Å². The Morgan fingerprint density at radius 2 is 1.76 bits per heavy atom. The van der Waals surface area contributed by atoms with Gasteiger partial charge in [0, 0.05) is 32.7 Å². The first-order chi connectivity index (χ1) is 23.0. The number of thiophene rings is 1. The molecule has 5 amide bonds. The van der Waals surface area contributed by atoms with E-state index in [0.29, 0.717) is 38.9 Å². The average molecular weight is 723 g/mol. The zero-order valence-corrected chi connectivity index (χ0v) is 32.2. The fraction of sp³-hybridized carbons (Fsp3) is 0.743. The molecule has 0 radical (unpaired) electrons. The highest BCUT2D eigenvalue weighted by molar-refractivity contribution is 7.85. The van der Waals surface area contributed by atoms with Gasteiger partial charge in [0.15, 0.2) is 0 Å². The van der Waals surface area contributed by atoms with E-state index in [2.05, 4.69) is 21.3 Å². The van der Waals surface area contributed by atoms with E-state index in [1.807, 2.05) is 59.1 Å². The van der Waals surface area contributed by atoms with Crippen molar-refractivity contribution < 1.29 is 28.2 Å². The molecule has 1 saturated heterocycles. The van der Waals surface area contributed by atoms with Gasteiger partial charge in [0.05, 0.1) is 6.04 Å². The molecule has 0 aromatic carbocycles. The number of nitrogens with zero attached hydrogens (tertiary/aromatic N) is 2. The van der Waals surface area contributed by atoms with Gasteiger partial charge in [-0.2, -0.15) is 0 Å². The second-order valence-corrected chi connectivity index (χ2v) is 17.9. The molecule has 3 rings (SSSR count). The van der Waals surface area contributed by atoms with Crippen molar-refractivity contribution >= 4 is 51.9 Å². The minimum atomic E-state index is -1.38. The fourth-order valence-electron chi connectivity index (χ4n) is 6.83. The van der Waals surface area contributed by atoms with Crippen LogP contribution < -0.4 is 21.3 Å². The van der Waals surface area contributed by atoms with Crippen molar-refractivity contribution in [2.75, 3.05) is 26.7 Å². The van der Waals surface area contributed by atoms with Crippen molar-refractivity contribution in [3.63, 3.8) is 0 Å². The number of Topliss-reactive ketones (excluding diaryl/α,β-unsaturated/α-hetero) is 1. The summed E-state index contributed by atoms with van der Waals surface area (Å²) in [6.45, 7) is 14.5. The normalized spacial score (nSPS) is 21.7. The van der Waals surface area contributed by atoms with E-state index in [1.165, 1.54) is 11.3 Å². The van der Waals surface area contributed by atoms with Gasteiger partial charge < -0.3 is 26.2 Å². The maximum atomic E-state index is 14.6. The number of hydrogen-bond donors (Lipinski definition) is 4. The van der Waals surface area contributed by atoms with E-state index < -0.39 is 69.6 Å². The van der Waals surface area contributed by atoms with Crippen molar-refractivity contribution in [2.45, 2.75) is 128 Å². The lowest BCUT2D eigenvalue weighted by Crippen LogP contribution is -2.62. The van der Waals surface area contributed by atoms with Crippen LogP contribution in [0.25, 0.3) is 0 Å². The van der Waals surface area contributed by atoms with Crippen LogP contribution in [-0.2, 0) is 30.2 Å². The van der Waals surface area contributed by atoms with E-state index in [0.717, 1.165) is 36.3 Å². The molecule has 1 aliphatic carbocycles. The Morgan fingerprint density at radius 1 is 1.08 bits per heavy atom. The summed E-state index contributed by atoms with van der Waals surface area (Å²) in [4.78, 5) is 69.0. The predicted octanol–water partition coefficient (Wildman–Crippen LogP) is 3.98. The first-order valence-corrected chi connectivity index (χ1v) is 19.7. The summed E-state index contributed by atoms with van der Waals surface area (Å²) in [5.41, 5.74) is -0.930. The maximum Gasteiger partial charge on any atom is 0.315 e. The zero-order valence-electron chi connectivity index (χ0n) is 30.6. The minimum absolute atomic E-state index is 0.0158. The number of amides is 5. The van der Waals surface area contributed by atoms with Crippen LogP contribution in [0.3, 0.4) is 0 Å². The molecule has 2 heterocycles. The molecular formula is C35H58N6O6S2. The summed E-state index contributed by atoms with van der Waals surface area (Å²) in [6.07, 6.45) is 5.67. The third-order valence-corrected chi connectivity index (χ3v) is 12.4. The van der Waals surface area contributed by atoms with Gasteiger partial charge in [-0.3, -0.25) is 19.2 Å². The lowest BCUT2D eigenvalue weighted by molar-refractivity contribution is -0.144. The second kappa shape index (κ2) is 17.9. The number of likely N-dealkylation sites (tertiary alicyclic amines) is 1. The summed E-state index contributed by atoms with van der Waals surface area (Å²) >= 11 is 1.41. The average Bonchev–Trinajstić information content (AvgIpc) is 3.72. The SMILES string of the molecule is CCCC(NC(=O)[C@@H]1C[C@@H](C)CN1C(=O)[C@@H](NC(=O)N[C@H](CN(C)S(=O)c1cccs1)C(C)(C)C)C1(C)CCCCC1)C(=O)C(=O)NCC. The summed E-state index contributed by atoms with van der Waals surface area (Å²) < 4.78 is 15.6. The highest BCUT2D eigenvalue weighted by Crippen LogP contribution is 2.40. The number of ketones is 1. The zero-order chi connectivity index (χ0) is 36.5. The van der Waals surface area contributed by atoms with Crippen molar-refractivity contribution in [1.82, 2.24) is 30.5 Å². The van der Waals surface area contributed by atoms with Crippen LogP contribution in [0.1, 0.15) is 99.8 Å². The molecule has 1 aliphatic heterocycles. The highest BCUT2D eigenvalue weighted by Gasteiger charge is 2.48. The molecule has 2 unspecified atom stereocenters. The molecule has 1 aromatic heterocycles. The summed E-state index contributed by atoms with van der Waals surface area (Å²) in [5.74, 6) is -2.23. The Balaban J connectivity index is 1.84. The van der Waals surface area contributed by atoms with Crippen LogP contribution in [-0.4, -0.2) is 93.8 Å². The smallest absolute Gasteiger partial charge is 0.315 e. The van der Waals surface area contributed by atoms with Crippen LogP contribution >= 0.6 is 11.3 Å². The molecule has 2 fully saturated rings. The lowest BCUT2D eigenvalue weighted by Gasteiger charge is -2.43. The first kappa shape index (κ1) is 40.6. The number of nitrogens with one attached hydrogen (secondary N) is 4. The van der Waals surface area contributed by atoms with E-state index >= 15 is 0 Å². The Bertz CT molecular complexity index is 1330. The molecule has 0 spiro atoms. The largest absolute Gasteiger partial charge is 0.350 e. The number of urea groups is 1. The second-order valence-electron chi connectivity index (χ2n) is 15.1. The van der Waals surface area contributed by atoms with Gasteiger partial charge in [0.25, 0.3) is 5.91 Å². The van der Waals surface area contributed by atoms with Gasteiger partial charge >= 0.3 is 6.03 Å². The topological polar surface area (TPSA) is 157 Å². The Morgan fingerprint density at radius 3 is 2.33 bits per heavy atom. The third kappa shape index (κ3) is 10.8. The molecular weight excluding hydrogens is 665 g/mol. The maximum absolute atomic E-state index is 14.6. The van der Waals surface area contributed by atoms with Crippen molar-refractivity contribution in [3.8, 4) is 0 Å². The van der Waals surface area contributed by atoms with E-state index in [9.17, 15) is 28.2 Å². The number of likely N-dealkylation sites (N-methyl/N-ethyl adjacent to an activating group) is 2. The fourth-order valence-corrected chi connectivity index (χ4v) is 8.94. The number of carbonyl (C=O) groups is 5. The van der Waals surface area contributed by atoms with Crippen LogP contribution in [0, 0.1) is 16.7 Å². The predicted molar refractivity (Wildman–Crippen MR) is 193 cm³/mol. The number of carbonyl (C=O) groups excluding carboxylic acids is 5. The Kier molecular flexibility index (Phi) is 14.8. The molecule has 12 nitrogen and oxygen atoms in total. The minimum Gasteiger partial charge on any atom is -0.350 e. The van der Waals surface area contributed by atoms with Gasteiger partial charge in [0.2, 0.25) is 17.6 Å². The molecule has 0 bridgehead atoms. The molecule has 276 valence electrons. The van der Waals surface area contributed by atoms with Gasteiger partial charge in [-0.1, -0.05) is 73.3 Å². The molecule has 14 heteroatoms. The quantitative estimate of drug-likeness (QED) is 0.201. The first-order valence-electron chi connectivity index (χ1n) is 17.7. The molecule has 1 saturated carbocycles. The summed E-state index contributed by atoms with van der Waals surface area (Å²) in [5, 5.41) is 13.3. The molecule has 2 aliphatic rings. The van der Waals surface area contributed by atoms with E-state index in [1.54, 1.807) is 23.2 Å². The monoisotopic (exact) mass is 722 g/mol. The summed E-state index contributed by atoms with van der Waals surface area (Å²) in [7, 11) is 0.378. The highest BCUT2D eigenvalue weighted by atomic mass is 32.2. The molecule has 4 N–H and O–H groups in total.